The maximum atomic E-state index is 12.7. The van der Waals surface area contributed by atoms with E-state index in [1.807, 2.05) is 0 Å². The van der Waals surface area contributed by atoms with Crippen molar-refractivity contribution in [2.24, 2.45) is 0 Å². The number of amides is 2. The highest BCUT2D eigenvalue weighted by Crippen LogP contribution is 2.35. The zero-order valence-corrected chi connectivity index (χ0v) is 18.7. The summed E-state index contributed by atoms with van der Waals surface area (Å²) < 4.78 is 20.8. The number of hydrogen-bond acceptors (Lipinski definition) is 9. The van der Waals surface area contributed by atoms with Gasteiger partial charge in [-0.25, -0.2) is 9.59 Å². The van der Waals surface area contributed by atoms with Crippen molar-refractivity contribution in [1.29, 1.82) is 0 Å². The number of nitrogens with zero attached hydrogens (tertiary/aromatic N) is 1. The molecule has 0 bridgehead atoms. The van der Waals surface area contributed by atoms with Crippen LogP contribution < -0.4 is 9.47 Å². The van der Waals surface area contributed by atoms with Crippen LogP contribution in [0.1, 0.15) is 33.3 Å². The molecule has 10 heteroatoms. The Balaban J connectivity index is 2.21. The molecule has 0 saturated carbocycles. The first-order chi connectivity index (χ1) is 14.8. The van der Waals surface area contributed by atoms with Crippen LogP contribution in [0.3, 0.4) is 0 Å². The van der Waals surface area contributed by atoms with Crippen LogP contribution in [0.4, 0.5) is 4.79 Å². The summed E-state index contributed by atoms with van der Waals surface area (Å²) in [6.07, 6.45) is 1.53. The number of imide groups is 1. The van der Waals surface area contributed by atoms with Gasteiger partial charge in [-0.3, -0.25) is 14.5 Å². The summed E-state index contributed by atoms with van der Waals surface area (Å²) in [5.41, 5.74) is 0.584. The van der Waals surface area contributed by atoms with Gasteiger partial charge in [0.1, 0.15) is 6.04 Å². The second kappa shape index (κ2) is 11.4. The first-order valence-electron chi connectivity index (χ1n) is 9.81. The van der Waals surface area contributed by atoms with Gasteiger partial charge >= 0.3 is 11.9 Å². The number of esters is 2. The zero-order chi connectivity index (χ0) is 23.0. The van der Waals surface area contributed by atoms with Crippen molar-refractivity contribution in [1.82, 2.24) is 4.90 Å². The second-order valence-corrected chi connectivity index (χ2v) is 7.21. The third-order valence-corrected chi connectivity index (χ3v) is 4.94. The number of hydrogen-bond donors (Lipinski definition) is 0. The molecule has 0 radical (unpaired) electrons. The molecule has 1 atom stereocenters. The highest BCUT2D eigenvalue weighted by molar-refractivity contribution is 8.18. The first-order valence-corrected chi connectivity index (χ1v) is 10.6. The molecular weight excluding hydrogens is 426 g/mol. The average Bonchev–Trinajstić information content (AvgIpc) is 3.00. The highest BCUT2D eigenvalue weighted by Gasteiger charge is 2.41. The zero-order valence-electron chi connectivity index (χ0n) is 17.8. The van der Waals surface area contributed by atoms with Crippen LogP contribution in [0, 0.1) is 0 Å². The van der Waals surface area contributed by atoms with Crippen molar-refractivity contribution >= 4 is 40.9 Å². The molecule has 31 heavy (non-hydrogen) atoms. The average molecular weight is 451 g/mol. The third kappa shape index (κ3) is 6.24. The van der Waals surface area contributed by atoms with Gasteiger partial charge in [0, 0.05) is 0 Å². The Morgan fingerprint density at radius 1 is 1.03 bits per heavy atom. The van der Waals surface area contributed by atoms with Crippen molar-refractivity contribution < 1.29 is 38.1 Å². The molecule has 1 aromatic carbocycles. The second-order valence-electron chi connectivity index (χ2n) is 6.21. The molecule has 0 spiro atoms. The topological polar surface area (TPSA) is 108 Å². The Morgan fingerprint density at radius 2 is 1.74 bits per heavy atom. The Morgan fingerprint density at radius 3 is 2.39 bits per heavy atom. The van der Waals surface area contributed by atoms with Gasteiger partial charge in [0.15, 0.2) is 18.1 Å². The minimum Gasteiger partial charge on any atom is -0.490 e. The summed E-state index contributed by atoms with van der Waals surface area (Å²) in [5.74, 6) is -1.00. The van der Waals surface area contributed by atoms with Gasteiger partial charge in [-0.05, 0) is 63.2 Å². The largest absolute Gasteiger partial charge is 0.490 e. The summed E-state index contributed by atoms with van der Waals surface area (Å²) in [6.45, 7) is 7.08. The summed E-state index contributed by atoms with van der Waals surface area (Å²) in [5, 5.41) is -0.545. The van der Waals surface area contributed by atoms with Gasteiger partial charge in [-0.15, -0.1) is 0 Å². The molecule has 0 aromatic heterocycles. The third-order valence-electron chi connectivity index (χ3n) is 4.05. The fourth-order valence-corrected chi connectivity index (χ4v) is 3.58. The van der Waals surface area contributed by atoms with Gasteiger partial charge in [0.25, 0.3) is 11.1 Å². The van der Waals surface area contributed by atoms with E-state index in [1.54, 1.807) is 39.0 Å². The van der Waals surface area contributed by atoms with Crippen molar-refractivity contribution in [2.45, 2.75) is 33.7 Å². The first kappa shape index (κ1) is 24.3. The molecule has 0 N–H and O–H groups in total. The minimum absolute atomic E-state index is 0.153. The number of thioether (sulfide) groups is 1. The highest BCUT2D eigenvalue weighted by atomic mass is 32.2. The van der Waals surface area contributed by atoms with Gasteiger partial charge in [0.2, 0.25) is 0 Å². The number of benzene rings is 1. The molecule has 168 valence electrons. The summed E-state index contributed by atoms with van der Waals surface area (Å²) in [4.78, 5) is 49.5. The van der Waals surface area contributed by atoms with E-state index >= 15 is 0 Å². The van der Waals surface area contributed by atoms with Gasteiger partial charge in [-0.2, -0.15) is 0 Å². The molecular formula is C21H25NO8S. The van der Waals surface area contributed by atoms with E-state index in [-0.39, 0.29) is 24.7 Å². The Labute approximate surface area is 184 Å². The van der Waals surface area contributed by atoms with E-state index in [0.717, 1.165) is 16.7 Å². The van der Waals surface area contributed by atoms with Crippen molar-refractivity contribution in [2.75, 3.05) is 26.4 Å². The van der Waals surface area contributed by atoms with E-state index in [2.05, 4.69) is 0 Å². The molecule has 1 aromatic rings. The Kier molecular flexibility index (Phi) is 8.92. The number of ether oxygens (including phenoxy) is 4. The predicted octanol–water partition coefficient (Wildman–Crippen LogP) is 3.02. The van der Waals surface area contributed by atoms with Crippen molar-refractivity contribution in [3.63, 3.8) is 0 Å². The van der Waals surface area contributed by atoms with E-state index in [1.165, 1.54) is 13.0 Å². The lowest BCUT2D eigenvalue weighted by Crippen LogP contribution is -2.42. The lowest BCUT2D eigenvalue weighted by molar-refractivity contribution is -0.150. The number of rotatable bonds is 10. The van der Waals surface area contributed by atoms with Gasteiger partial charge in [-0.1, -0.05) is 6.07 Å². The van der Waals surface area contributed by atoms with Crippen LogP contribution in [-0.4, -0.2) is 60.5 Å². The van der Waals surface area contributed by atoms with Crippen LogP contribution in [0.15, 0.2) is 23.1 Å². The molecule has 0 aliphatic carbocycles. The Bertz CT molecular complexity index is 882. The van der Waals surface area contributed by atoms with Crippen LogP contribution >= 0.6 is 11.8 Å². The molecule has 1 aliphatic rings. The SMILES string of the molecule is CCOC(=O)COc1ccc(/C=C2/SC(=O)N([C@H](C)C(=O)OCC)C2=O)cc1OCC. The van der Waals surface area contributed by atoms with E-state index in [9.17, 15) is 19.2 Å². The fraction of sp³-hybridized carbons (Fsp3) is 0.429. The van der Waals surface area contributed by atoms with Crippen molar-refractivity contribution in [3.05, 3.63) is 28.7 Å². The van der Waals surface area contributed by atoms with Gasteiger partial charge < -0.3 is 18.9 Å². The molecule has 0 unspecified atom stereocenters. The molecule has 1 saturated heterocycles. The minimum atomic E-state index is -1.02. The Hall–Kier alpha value is -3.01. The fourth-order valence-electron chi connectivity index (χ4n) is 2.67. The summed E-state index contributed by atoms with van der Waals surface area (Å²) in [7, 11) is 0. The monoisotopic (exact) mass is 451 g/mol. The molecule has 2 rings (SSSR count). The maximum Gasteiger partial charge on any atom is 0.344 e. The van der Waals surface area contributed by atoms with Crippen molar-refractivity contribution in [3.8, 4) is 11.5 Å². The quantitative estimate of drug-likeness (QED) is 0.392. The standard InChI is InChI=1S/C21H25NO8S/c1-5-27-16-10-14(8-9-15(16)30-12-18(23)28-6-2)11-17-19(24)22(21(26)31-17)13(4)20(25)29-7-3/h8-11,13H,5-7,12H2,1-4H3/b17-11+/t13-/m1/s1. The number of carbonyl (C=O) groups excluding carboxylic acids is 4. The van der Waals surface area contributed by atoms with Gasteiger partial charge in [0.05, 0.1) is 24.7 Å². The summed E-state index contributed by atoms with van der Waals surface area (Å²) >= 11 is 0.741. The van der Waals surface area contributed by atoms with Crippen LogP contribution in [-0.2, 0) is 23.9 Å². The molecule has 1 heterocycles. The normalized spacial score (nSPS) is 15.7. The number of carbonyl (C=O) groups is 4. The lowest BCUT2D eigenvalue weighted by atomic mass is 10.1. The summed E-state index contributed by atoms with van der Waals surface area (Å²) in [6, 6.07) is 3.87. The molecule has 9 nitrogen and oxygen atoms in total. The lowest BCUT2D eigenvalue weighted by Gasteiger charge is -2.19. The molecule has 2 amide bonds. The predicted molar refractivity (Wildman–Crippen MR) is 114 cm³/mol. The van der Waals surface area contributed by atoms with E-state index in [0.29, 0.717) is 23.7 Å². The van der Waals surface area contributed by atoms with E-state index < -0.39 is 29.1 Å². The van der Waals surface area contributed by atoms with E-state index in [4.69, 9.17) is 18.9 Å². The van der Waals surface area contributed by atoms with Crippen LogP contribution in [0.25, 0.3) is 6.08 Å². The maximum absolute atomic E-state index is 12.7. The molecule has 1 fully saturated rings. The molecule has 1 aliphatic heterocycles. The smallest absolute Gasteiger partial charge is 0.344 e. The van der Waals surface area contributed by atoms with Crippen LogP contribution in [0.5, 0.6) is 11.5 Å². The van der Waals surface area contributed by atoms with Crippen LogP contribution in [0.2, 0.25) is 0 Å².